The highest BCUT2D eigenvalue weighted by Crippen LogP contribution is 2.40. The maximum Gasteiger partial charge on any atom is 0.410 e. The van der Waals surface area contributed by atoms with Crippen molar-refractivity contribution in [2.45, 2.75) is 63.9 Å². The Hall–Kier alpha value is -3.12. The number of piperidine rings is 1. The summed E-state index contributed by atoms with van der Waals surface area (Å²) in [5.74, 6) is -3.25. The number of nitro groups is 1. The van der Waals surface area contributed by atoms with E-state index in [4.69, 9.17) is 4.74 Å². The minimum absolute atomic E-state index is 0.0590. The second kappa shape index (κ2) is 9.63. The number of rotatable bonds is 6. The zero-order valence-electron chi connectivity index (χ0n) is 18.8. The average Bonchev–Trinajstić information content (AvgIpc) is 3.47. The van der Waals surface area contributed by atoms with Crippen LogP contribution >= 0.6 is 0 Å². The van der Waals surface area contributed by atoms with Gasteiger partial charge in [-0.15, -0.1) is 0 Å². The number of carbonyl (C=O) groups is 2. The predicted octanol–water partition coefficient (Wildman–Crippen LogP) is 3.88. The molecule has 4 atom stereocenters. The van der Waals surface area contributed by atoms with E-state index in [9.17, 15) is 37.3 Å². The molecule has 3 rings (SSSR count). The molecule has 34 heavy (non-hydrogen) atoms. The lowest BCUT2D eigenvalue weighted by atomic mass is 10.0. The lowest BCUT2D eigenvalue weighted by Crippen LogP contribution is -2.55. The SMILES string of the molecule is CC(C)(C)OC(=O)N1CC[C@H](F)[C@@H](NC(=O)c2cc([N+](=O)[O-])c(N[C@@H]3C[C@H]3C(F)F)cc2F)C1. The number of benzene rings is 1. The van der Waals surface area contributed by atoms with Crippen LogP contribution in [0.15, 0.2) is 12.1 Å². The third-order valence-electron chi connectivity index (χ3n) is 5.53. The van der Waals surface area contributed by atoms with Crippen LogP contribution in [0.5, 0.6) is 0 Å². The molecule has 0 unspecified atom stereocenters. The molecule has 1 aliphatic carbocycles. The number of nitrogens with one attached hydrogen (secondary N) is 2. The Kier molecular flexibility index (Phi) is 7.22. The summed E-state index contributed by atoms with van der Waals surface area (Å²) < 4.78 is 59.8. The molecule has 1 aromatic carbocycles. The molecular weight excluding hydrogens is 464 g/mol. The molecule has 2 aliphatic rings. The minimum atomic E-state index is -2.61. The molecule has 0 spiro atoms. The summed E-state index contributed by atoms with van der Waals surface area (Å²) in [5.41, 5.74) is -2.50. The molecule has 2 fully saturated rings. The highest BCUT2D eigenvalue weighted by atomic mass is 19.3. The van der Waals surface area contributed by atoms with Gasteiger partial charge < -0.3 is 20.3 Å². The number of alkyl halides is 3. The Morgan fingerprint density at radius 3 is 2.50 bits per heavy atom. The fourth-order valence-corrected chi connectivity index (χ4v) is 3.66. The van der Waals surface area contributed by atoms with Crippen LogP contribution in [0.2, 0.25) is 0 Å². The van der Waals surface area contributed by atoms with Gasteiger partial charge >= 0.3 is 6.09 Å². The molecular formula is C21H26F4N4O5. The van der Waals surface area contributed by atoms with E-state index in [1.807, 2.05) is 0 Å². The Morgan fingerprint density at radius 1 is 1.26 bits per heavy atom. The first-order valence-electron chi connectivity index (χ1n) is 10.7. The number of hydrogen-bond acceptors (Lipinski definition) is 6. The fourth-order valence-electron chi connectivity index (χ4n) is 3.66. The molecule has 1 aromatic rings. The van der Waals surface area contributed by atoms with E-state index in [1.165, 1.54) is 4.90 Å². The summed E-state index contributed by atoms with van der Waals surface area (Å²) in [5, 5.41) is 16.3. The van der Waals surface area contributed by atoms with Gasteiger partial charge in [0.1, 0.15) is 23.3 Å². The van der Waals surface area contributed by atoms with E-state index in [0.717, 1.165) is 0 Å². The summed E-state index contributed by atoms with van der Waals surface area (Å²) in [6, 6.07) is -0.571. The van der Waals surface area contributed by atoms with Crippen molar-refractivity contribution < 1.29 is 36.8 Å². The van der Waals surface area contributed by atoms with Crippen molar-refractivity contribution in [1.29, 1.82) is 0 Å². The standard InChI is InChI=1S/C21H26F4N4O5/c1-21(2,3)34-20(31)28-5-4-12(22)16(9-28)27-19(30)10-7-17(29(32)33)15(8-13(10)23)26-14-6-11(14)18(24)25/h7-8,11-12,14,16,18,26H,4-6,9H2,1-3H3,(H,27,30)/t11-,12+,14-,16+/m1/s1. The fraction of sp³-hybridized carbons (Fsp3) is 0.619. The summed E-state index contributed by atoms with van der Waals surface area (Å²) >= 11 is 0. The second-order valence-electron chi connectivity index (χ2n) is 9.40. The largest absolute Gasteiger partial charge is 0.444 e. The molecule has 2 amide bonds. The highest BCUT2D eigenvalue weighted by molar-refractivity contribution is 5.96. The van der Waals surface area contributed by atoms with Crippen LogP contribution < -0.4 is 10.6 Å². The van der Waals surface area contributed by atoms with Crippen LogP contribution in [0.4, 0.5) is 33.7 Å². The molecule has 2 N–H and O–H groups in total. The molecule has 1 aliphatic heterocycles. The summed E-state index contributed by atoms with van der Waals surface area (Å²) in [6.45, 7) is 4.82. The zero-order chi connectivity index (χ0) is 25.4. The summed E-state index contributed by atoms with van der Waals surface area (Å²) in [7, 11) is 0. The first kappa shape index (κ1) is 25.5. The van der Waals surface area contributed by atoms with Crippen LogP contribution in [-0.4, -0.2) is 65.2 Å². The molecule has 9 nitrogen and oxygen atoms in total. The van der Waals surface area contributed by atoms with E-state index in [-0.39, 0.29) is 31.6 Å². The molecule has 188 valence electrons. The predicted molar refractivity (Wildman–Crippen MR) is 113 cm³/mol. The number of nitrogens with zero attached hydrogens (tertiary/aromatic N) is 2. The number of halogens is 4. The van der Waals surface area contributed by atoms with Crippen molar-refractivity contribution in [3.05, 3.63) is 33.6 Å². The number of nitro benzene ring substituents is 1. The number of amides is 2. The van der Waals surface area contributed by atoms with Crippen LogP contribution in [0.3, 0.4) is 0 Å². The van der Waals surface area contributed by atoms with Gasteiger partial charge in [-0.1, -0.05) is 0 Å². The van der Waals surface area contributed by atoms with Crippen LogP contribution in [0.25, 0.3) is 0 Å². The van der Waals surface area contributed by atoms with E-state index in [1.54, 1.807) is 20.8 Å². The Bertz CT molecular complexity index is 971. The Morgan fingerprint density at radius 2 is 1.94 bits per heavy atom. The van der Waals surface area contributed by atoms with Crippen molar-refractivity contribution in [1.82, 2.24) is 10.2 Å². The van der Waals surface area contributed by atoms with Gasteiger partial charge in [-0.2, -0.15) is 0 Å². The van der Waals surface area contributed by atoms with Gasteiger partial charge in [-0.3, -0.25) is 14.9 Å². The highest BCUT2D eigenvalue weighted by Gasteiger charge is 2.45. The summed E-state index contributed by atoms with van der Waals surface area (Å²) in [6.07, 6.45) is -4.87. The topological polar surface area (TPSA) is 114 Å². The van der Waals surface area contributed by atoms with Crippen molar-refractivity contribution in [3.63, 3.8) is 0 Å². The molecule has 0 bridgehead atoms. The third-order valence-corrected chi connectivity index (χ3v) is 5.53. The van der Waals surface area contributed by atoms with Gasteiger partial charge in [0.05, 0.1) is 16.5 Å². The lowest BCUT2D eigenvalue weighted by Gasteiger charge is -2.36. The van der Waals surface area contributed by atoms with Gasteiger partial charge in [0, 0.05) is 37.2 Å². The van der Waals surface area contributed by atoms with Crippen molar-refractivity contribution >= 4 is 23.4 Å². The molecule has 1 saturated heterocycles. The first-order valence-corrected chi connectivity index (χ1v) is 10.7. The normalized spacial score (nSPS) is 24.5. The minimum Gasteiger partial charge on any atom is -0.444 e. The van der Waals surface area contributed by atoms with Gasteiger partial charge in [0.15, 0.2) is 0 Å². The molecule has 1 heterocycles. The number of likely N-dealkylation sites (tertiary alicyclic amines) is 1. The Labute approximate surface area is 193 Å². The molecule has 13 heteroatoms. The average molecular weight is 490 g/mol. The molecule has 0 aromatic heterocycles. The molecule has 0 radical (unpaired) electrons. The second-order valence-corrected chi connectivity index (χ2v) is 9.40. The Balaban J connectivity index is 1.73. The van der Waals surface area contributed by atoms with Crippen LogP contribution in [0, 0.1) is 21.8 Å². The monoisotopic (exact) mass is 490 g/mol. The lowest BCUT2D eigenvalue weighted by molar-refractivity contribution is -0.384. The van der Waals surface area contributed by atoms with E-state index in [0.29, 0.717) is 12.1 Å². The maximum absolute atomic E-state index is 14.7. The van der Waals surface area contributed by atoms with Gasteiger partial charge in [-0.05, 0) is 33.6 Å². The zero-order valence-corrected chi connectivity index (χ0v) is 18.8. The van der Waals surface area contributed by atoms with E-state index >= 15 is 0 Å². The van der Waals surface area contributed by atoms with Crippen molar-refractivity contribution in [2.75, 3.05) is 18.4 Å². The number of anilines is 1. The van der Waals surface area contributed by atoms with Crippen LogP contribution in [-0.2, 0) is 4.74 Å². The summed E-state index contributed by atoms with van der Waals surface area (Å²) in [4.78, 5) is 36.7. The molecule has 1 saturated carbocycles. The number of hydrogen-bond donors (Lipinski definition) is 2. The van der Waals surface area contributed by atoms with E-state index < -0.39 is 70.2 Å². The first-order chi connectivity index (χ1) is 15.8. The smallest absolute Gasteiger partial charge is 0.410 e. The van der Waals surface area contributed by atoms with Crippen molar-refractivity contribution in [3.8, 4) is 0 Å². The quantitative estimate of drug-likeness (QED) is 0.356. The van der Waals surface area contributed by atoms with Gasteiger partial charge in [0.25, 0.3) is 11.6 Å². The number of ether oxygens (including phenoxy) is 1. The maximum atomic E-state index is 14.7. The number of carbonyl (C=O) groups excluding carboxylic acids is 2. The van der Waals surface area contributed by atoms with Crippen molar-refractivity contribution in [2.24, 2.45) is 5.92 Å². The van der Waals surface area contributed by atoms with Gasteiger partial charge in [0.2, 0.25) is 6.43 Å². The third kappa shape index (κ3) is 6.06. The van der Waals surface area contributed by atoms with Gasteiger partial charge in [-0.25, -0.2) is 22.4 Å². The van der Waals surface area contributed by atoms with Crippen LogP contribution in [0.1, 0.15) is 44.0 Å². The van der Waals surface area contributed by atoms with E-state index in [2.05, 4.69) is 10.6 Å².